The van der Waals surface area contributed by atoms with Crippen LogP contribution in [0.25, 0.3) is 6.08 Å². The Kier molecular flexibility index (Phi) is 4.83. The van der Waals surface area contributed by atoms with E-state index in [1.165, 1.54) is 0 Å². The fourth-order valence-electron chi connectivity index (χ4n) is 2.14. The zero-order chi connectivity index (χ0) is 15.2. The number of likely N-dealkylation sites (N-methyl/N-ethyl adjacent to an activating group) is 1. The summed E-state index contributed by atoms with van der Waals surface area (Å²) in [7, 11) is 0. The van der Waals surface area contributed by atoms with Crippen molar-refractivity contribution in [1.82, 2.24) is 4.90 Å². The molecule has 0 aromatic heterocycles. The Morgan fingerprint density at radius 1 is 1.29 bits per heavy atom. The van der Waals surface area contributed by atoms with Crippen molar-refractivity contribution in [3.05, 3.63) is 29.3 Å². The summed E-state index contributed by atoms with van der Waals surface area (Å²) in [6.07, 6.45) is 1.58. The first-order chi connectivity index (χ1) is 10.2. The zero-order valence-electron chi connectivity index (χ0n) is 12.3. The van der Waals surface area contributed by atoms with E-state index in [0.717, 1.165) is 5.56 Å². The van der Waals surface area contributed by atoms with E-state index in [1.807, 2.05) is 19.9 Å². The summed E-state index contributed by atoms with van der Waals surface area (Å²) in [4.78, 5) is 13.8. The summed E-state index contributed by atoms with van der Waals surface area (Å²) >= 11 is 0. The van der Waals surface area contributed by atoms with Crippen molar-refractivity contribution in [3.63, 3.8) is 0 Å². The Morgan fingerprint density at radius 2 is 1.95 bits per heavy atom. The first kappa shape index (κ1) is 14.9. The quantitative estimate of drug-likeness (QED) is 0.629. The molecule has 0 bridgehead atoms. The molecule has 0 spiro atoms. The van der Waals surface area contributed by atoms with Crippen molar-refractivity contribution in [2.45, 2.75) is 13.8 Å². The van der Waals surface area contributed by atoms with Gasteiger partial charge in [-0.3, -0.25) is 4.79 Å². The number of hydrogen-bond acceptors (Lipinski definition) is 4. The molecule has 21 heavy (non-hydrogen) atoms. The van der Waals surface area contributed by atoms with Crippen LogP contribution in [0.15, 0.2) is 23.8 Å². The van der Waals surface area contributed by atoms with Crippen LogP contribution in [-0.2, 0) is 4.79 Å². The number of carbonyl (C=O) groups is 1. The van der Waals surface area contributed by atoms with Crippen molar-refractivity contribution in [1.29, 1.82) is 5.26 Å². The summed E-state index contributed by atoms with van der Waals surface area (Å²) in [6, 6.07) is 7.35. The SMILES string of the molecule is CCN(CC)C(=O)C(C#N)=Cc1ccc2c(c1)OCCO2. The van der Waals surface area contributed by atoms with Gasteiger partial charge in [0.2, 0.25) is 0 Å². The molecule has 0 saturated carbocycles. The third-order valence-electron chi connectivity index (χ3n) is 3.28. The smallest absolute Gasteiger partial charge is 0.264 e. The molecule has 2 rings (SSSR count). The normalized spacial score (nSPS) is 13.5. The molecule has 0 atom stereocenters. The predicted molar refractivity (Wildman–Crippen MR) is 79.0 cm³/mol. The lowest BCUT2D eigenvalue weighted by atomic mass is 10.1. The van der Waals surface area contributed by atoms with Gasteiger partial charge in [0, 0.05) is 13.1 Å². The number of carbonyl (C=O) groups excluding carboxylic acids is 1. The van der Waals surface area contributed by atoms with Gasteiger partial charge in [0.25, 0.3) is 5.91 Å². The average Bonchev–Trinajstić information content (AvgIpc) is 2.53. The summed E-state index contributed by atoms with van der Waals surface area (Å²) in [6.45, 7) is 5.97. The zero-order valence-corrected chi connectivity index (χ0v) is 12.3. The lowest BCUT2D eigenvalue weighted by Gasteiger charge is -2.19. The van der Waals surface area contributed by atoms with E-state index in [1.54, 1.807) is 29.2 Å². The minimum Gasteiger partial charge on any atom is -0.486 e. The van der Waals surface area contributed by atoms with Gasteiger partial charge in [-0.15, -0.1) is 0 Å². The van der Waals surface area contributed by atoms with E-state index in [2.05, 4.69) is 0 Å². The third-order valence-corrected chi connectivity index (χ3v) is 3.28. The van der Waals surface area contributed by atoms with Crippen LogP contribution in [-0.4, -0.2) is 37.1 Å². The lowest BCUT2D eigenvalue weighted by molar-refractivity contribution is -0.126. The molecule has 1 aromatic carbocycles. The van der Waals surface area contributed by atoms with Crippen LogP contribution in [0.3, 0.4) is 0 Å². The van der Waals surface area contributed by atoms with E-state index in [9.17, 15) is 10.1 Å². The third kappa shape index (κ3) is 3.34. The molecular weight excluding hydrogens is 268 g/mol. The van der Waals surface area contributed by atoms with Crippen molar-refractivity contribution in [3.8, 4) is 17.6 Å². The Labute approximate surface area is 124 Å². The second-order valence-corrected chi connectivity index (χ2v) is 4.55. The maximum absolute atomic E-state index is 12.2. The van der Waals surface area contributed by atoms with Crippen LogP contribution in [0.4, 0.5) is 0 Å². The van der Waals surface area contributed by atoms with Gasteiger partial charge in [-0.05, 0) is 37.6 Å². The minimum atomic E-state index is -0.252. The maximum Gasteiger partial charge on any atom is 0.264 e. The highest BCUT2D eigenvalue weighted by atomic mass is 16.6. The van der Waals surface area contributed by atoms with Crippen LogP contribution in [0.5, 0.6) is 11.5 Å². The number of hydrogen-bond donors (Lipinski definition) is 0. The summed E-state index contributed by atoms with van der Waals surface area (Å²) in [5.74, 6) is 1.08. The molecule has 1 aromatic rings. The van der Waals surface area contributed by atoms with E-state index in [4.69, 9.17) is 9.47 Å². The monoisotopic (exact) mass is 286 g/mol. The Balaban J connectivity index is 2.28. The minimum absolute atomic E-state index is 0.121. The van der Waals surface area contributed by atoms with Crippen LogP contribution in [0.2, 0.25) is 0 Å². The van der Waals surface area contributed by atoms with Crippen molar-refractivity contribution >= 4 is 12.0 Å². The van der Waals surface area contributed by atoms with E-state index >= 15 is 0 Å². The molecule has 0 unspecified atom stereocenters. The van der Waals surface area contributed by atoms with Crippen molar-refractivity contribution in [2.75, 3.05) is 26.3 Å². The maximum atomic E-state index is 12.2. The van der Waals surface area contributed by atoms with E-state index in [-0.39, 0.29) is 11.5 Å². The summed E-state index contributed by atoms with van der Waals surface area (Å²) in [5, 5.41) is 9.21. The Morgan fingerprint density at radius 3 is 2.57 bits per heavy atom. The molecule has 5 nitrogen and oxygen atoms in total. The standard InChI is InChI=1S/C16H18N2O3/c1-3-18(4-2)16(19)13(11-17)9-12-5-6-14-15(10-12)21-8-7-20-14/h5-6,9-10H,3-4,7-8H2,1-2H3. The number of amides is 1. The molecule has 0 radical (unpaired) electrons. The molecule has 1 heterocycles. The van der Waals surface area contributed by atoms with Crippen molar-refractivity contribution < 1.29 is 14.3 Å². The number of ether oxygens (including phenoxy) is 2. The number of nitrogens with zero attached hydrogens (tertiary/aromatic N) is 2. The highest BCUT2D eigenvalue weighted by Crippen LogP contribution is 2.31. The van der Waals surface area contributed by atoms with Gasteiger partial charge in [-0.25, -0.2) is 0 Å². The first-order valence-corrected chi connectivity index (χ1v) is 7.00. The summed E-state index contributed by atoms with van der Waals surface area (Å²) in [5.41, 5.74) is 0.867. The van der Waals surface area contributed by atoms with Gasteiger partial charge in [0.05, 0.1) is 0 Å². The molecule has 1 amide bonds. The average molecular weight is 286 g/mol. The number of rotatable bonds is 4. The van der Waals surface area contributed by atoms with Crippen LogP contribution < -0.4 is 9.47 Å². The topological polar surface area (TPSA) is 62.6 Å². The van der Waals surface area contributed by atoms with E-state index < -0.39 is 0 Å². The van der Waals surface area contributed by atoms with Crippen LogP contribution in [0, 0.1) is 11.3 Å². The molecule has 0 aliphatic carbocycles. The predicted octanol–water partition coefficient (Wildman–Crippen LogP) is 2.23. The second-order valence-electron chi connectivity index (χ2n) is 4.55. The number of fused-ring (bicyclic) bond motifs is 1. The Bertz CT molecular complexity index is 598. The molecular formula is C16H18N2O3. The van der Waals surface area contributed by atoms with Crippen molar-refractivity contribution in [2.24, 2.45) is 0 Å². The van der Waals surface area contributed by atoms with Crippen LogP contribution in [0.1, 0.15) is 19.4 Å². The van der Waals surface area contributed by atoms with Crippen LogP contribution >= 0.6 is 0 Å². The van der Waals surface area contributed by atoms with Gasteiger partial charge in [0.15, 0.2) is 11.5 Å². The van der Waals surface area contributed by atoms with E-state index in [0.29, 0.717) is 37.8 Å². The lowest BCUT2D eigenvalue weighted by Crippen LogP contribution is -2.31. The second kappa shape index (κ2) is 6.80. The highest BCUT2D eigenvalue weighted by Gasteiger charge is 2.16. The molecule has 1 aliphatic rings. The molecule has 0 saturated heterocycles. The largest absolute Gasteiger partial charge is 0.486 e. The van der Waals surface area contributed by atoms with Gasteiger partial charge >= 0.3 is 0 Å². The number of nitriles is 1. The highest BCUT2D eigenvalue weighted by molar-refractivity contribution is 6.01. The fourth-order valence-corrected chi connectivity index (χ4v) is 2.14. The Hall–Kier alpha value is -2.48. The van der Waals surface area contributed by atoms with Gasteiger partial charge in [-0.1, -0.05) is 6.07 Å². The number of benzene rings is 1. The fraction of sp³-hybridized carbons (Fsp3) is 0.375. The molecule has 0 fully saturated rings. The van der Waals surface area contributed by atoms with Gasteiger partial charge in [0.1, 0.15) is 24.9 Å². The van der Waals surface area contributed by atoms with Gasteiger partial charge < -0.3 is 14.4 Å². The molecule has 0 N–H and O–H groups in total. The molecule has 110 valence electrons. The molecule has 5 heteroatoms. The molecule has 1 aliphatic heterocycles. The first-order valence-electron chi connectivity index (χ1n) is 7.00. The van der Waals surface area contributed by atoms with Gasteiger partial charge in [-0.2, -0.15) is 5.26 Å². The summed E-state index contributed by atoms with van der Waals surface area (Å²) < 4.78 is 10.9.